The number of carbonyl (C=O) groups is 1. The average Bonchev–Trinajstić information content (AvgIpc) is 3.02. The summed E-state index contributed by atoms with van der Waals surface area (Å²) < 4.78 is 0.939. The standard InChI is InChI=1S/C14H17BrN4O.ClH/c1-14(7-16)4-5-19(8-14)13(20)12-10-6-9(15)2-3-11(10)17-18-12;/h2-3,6H,4-5,7-8,16H2,1H3,(H,17,18);1H. The van der Waals surface area contributed by atoms with E-state index in [1.54, 1.807) is 0 Å². The van der Waals surface area contributed by atoms with Crippen LogP contribution in [0.3, 0.4) is 0 Å². The number of aromatic amines is 1. The van der Waals surface area contributed by atoms with Gasteiger partial charge >= 0.3 is 0 Å². The number of nitrogens with two attached hydrogens (primary N) is 1. The summed E-state index contributed by atoms with van der Waals surface area (Å²) >= 11 is 3.43. The van der Waals surface area contributed by atoms with Crippen LogP contribution >= 0.6 is 28.3 Å². The number of halogens is 2. The number of rotatable bonds is 2. The van der Waals surface area contributed by atoms with Crippen molar-refractivity contribution in [2.24, 2.45) is 11.1 Å². The smallest absolute Gasteiger partial charge is 0.275 e. The largest absolute Gasteiger partial charge is 0.337 e. The Morgan fingerprint density at radius 2 is 2.33 bits per heavy atom. The van der Waals surface area contributed by atoms with E-state index in [9.17, 15) is 4.79 Å². The zero-order chi connectivity index (χ0) is 14.3. The number of likely N-dealkylation sites (tertiary alicyclic amines) is 1. The van der Waals surface area contributed by atoms with Crippen LogP contribution in [0.2, 0.25) is 0 Å². The van der Waals surface area contributed by atoms with Crippen LogP contribution < -0.4 is 5.73 Å². The molecule has 0 spiro atoms. The van der Waals surface area contributed by atoms with Gasteiger partial charge in [0, 0.05) is 22.9 Å². The molecule has 7 heteroatoms. The van der Waals surface area contributed by atoms with Gasteiger partial charge in [-0.15, -0.1) is 12.4 Å². The summed E-state index contributed by atoms with van der Waals surface area (Å²) in [5.41, 5.74) is 7.18. The van der Waals surface area contributed by atoms with E-state index in [4.69, 9.17) is 5.73 Å². The van der Waals surface area contributed by atoms with Crippen molar-refractivity contribution in [2.75, 3.05) is 19.6 Å². The summed E-state index contributed by atoms with van der Waals surface area (Å²) in [7, 11) is 0. The van der Waals surface area contributed by atoms with Crippen molar-refractivity contribution >= 4 is 45.1 Å². The van der Waals surface area contributed by atoms with E-state index in [0.29, 0.717) is 18.8 Å². The van der Waals surface area contributed by atoms with Crippen LogP contribution in [-0.2, 0) is 0 Å². The quantitative estimate of drug-likeness (QED) is 0.849. The number of fused-ring (bicyclic) bond motifs is 1. The van der Waals surface area contributed by atoms with E-state index in [2.05, 4.69) is 33.1 Å². The fourth-order valence-electron chi connectivity index (χ4n) is 2.66. The predicted octanol–water partition coefficient (Wildman–Crippen LogP) is 2.56. The number of hydrogen-bond acceptors (Lipinski definition) is 3. The van der Waals surface area contributed by atoms with Crippen molar-refractivity contribution < 1.29 is 4.79 Å². The first-order valence-electron chi connectivity index (χ1n) is 6.65. The first-order chi connectivity index (χ1) is 9.52. The van der Waals surface area contributed by atoms with Gasteiger partial charge in [0.25, 0.3) is 5.91 Å². The summed E-state index contributed by atoms with van der Waals surface area (Å²) in [6, 6.07) is 5.76. The number of benzene rings is 1. The number of nitrogens with zero attached hydrogens (tertiary/aromatic N) is 2. The van der Waals surface area contributed by atoms with E-state index in [0.717, 1.165) is 28.3 Å². The fraction of sp³-hybridized carbons (Fsp3) is 0.429. The van der Waals surface area contributed by atoms with Crippen molar-refractivity contribution in [1.29, 1.82) is 0 Å². The zero-order valence-electron chi connectivity index (χ0n) is 11.7. The third-order valence-corrected chi connectivity index (χ3v) is 4.56. The number of nitrogens with one attached hydrogen (secondary N) is 1. The van der Waals surface area contributed by atoms with Gasteiger partial charge in [0.2, 0.25) is 0 Å². The molecule has 5 nitrogen and oxygen atoms in total. The molecule has 1 aliphatic heterocycles. The van der Waals surface area contributed by atoms with Crippen LogP contribution in [0.15, 0.2) is 22.7 Å². The molecule has 3 rings (SSSR count). The minimum Gasteiger partial charge on any atom is -0.337 e. The minimum atomic E-state index is -0.0217. The molecule has 21 heavy (non-hydrogen) atoms. The molecule has 0 saturated carbocycles. The maximum absolute atomic E-state index is 12.6. The molecule has 1 unspecified atom stereocenters. The predicted molar refractivity (Wildman–Crippen MR) is 88.7 cm³/mol. The Balaban J connectivity index is 0.00000161. The number of hydrogen-bond donors (Lipinski definition) is 2. The molecule has 3 N–H and O–H groups in total. The lowest BCUT2D eigenvalue weighted by Crippen LogP contribution is -2.34. The molecule has 1 aromatic carbocycles. The van der Waals surface area contributed by atoms with Crippen molar-refractivity contribution in [1.82, 2.24) is 15.1 Å². The molecular formula is C14H18BrClN4O. The maximum Gasteiger partial charge on any atom is 0.275 e. The Kier molecular flexibility index (Phi) is 4.60. The lowest BCUT2D eigenvalue weighted by molar-refractivity contribution is 0.0773. The van der Waals surface area contributed by atoms with Crippen LogP contribution in [0.1, 0.15) is 23.8 Å². The van der Waals surface area contributed by atoms with E-state index in [1.165, 1.54) is 0 Å². The second kappa shape index (κ2) is 5.94. The molecule has 0 radical (unpaired) electrons. The topological polar surface area (TPSA) is 75.0 Å². The lowest BCUT2D eigenvalue weighted by atomic mass is 9.90. The molecule has 0 aliphatic carbocycles. The second-order valence-corrected chi connectivity index (χ2v) is 6.67. The van der Waals surface area contributed by atoms with Gasteiger partial charge in [-0.1, -0.05) is 22.9 Å². The third kappa shape index (κ3) is 2.93. The maximum atomic E-state index is 12.6. The van der Waals surface area contributed by atoms with E-state index in [-0.39, 0.29) is 23.7 Å². The average molecular weight is 374 g/mol. The molecule has 1 aromatic heterocycles. The number of aromatic nitrogens is 2. The fourth-order valence-corrected chi connectivity index (χ4v) is 3.02. The van der Waals surface area contributed by atoms with E-state index in [1.807, 2.05) is 23.1 Å². The molecule has 114 valence electrons. The third-order valence-electron chi connectivity index (χ3n) is 4.07. The van der Waals surface area contributed by atoms with Gasteiger partial charge in [0.1, 0.15) is 0 Å². The molecule has 2 heterocycles. The van der Waals surface area contributed by atoms with Crippen LogP contribution in [-0.4, -0.2) is 40.6 Å². The molecule has 1 fully saturated rings. The summed E-state index contributed by atoms with van der Waals surface area (Å²) in [6.45, 7) is 4.17. The van der Waals surface area contributed by atoms with Gasteiger partial charge in [-0.05, 0) is 36.6 Å². The molecule has 0 bridgehead atoms. The Morgan fingerprint density at radius 1 is 1.57 bits per heavy atom. The zero-order valence-corrected chi connectivity index (χ0v) is 14.1. The van der Waals surface area contributed by atoms with Gasteiger partial charge < -0.3 is 10.6 Å². The summed E-state index contributed by atoms with van der Waals surface area (Å²) in [5, 5.41) is 7.95. The van der Waals surface area contributed by atoms with Gasteiger partial charge in [0.15, 0.2) is 5.69 Å². The summed E-state index contributed by atoms with van der Waals surface area (Å²) in [4.78, 5) is 14.5. The highest BCUT2D eigenvalue weighted by Crippen LogP contribution is 2.30. The van der Waals surface area contributed by atoms with E-state index >= 15 is 0 Å². The molecule has 1 atom stereocenters. The van der Waals surface area contributed by atoms with Crippen LogP contribution in [0.5, 0.6) is 0 Å². The lowest BCUT2D eigenvalue weighted by Gasteiger charge is -2.22. The Morgan fingerprint density at radius 3 is 3.00 bits per heavy atom. The van der Waals surface area contributed by atoms with Gasteiger partial charge in [-0.3, -0.25) is 9.89 Å². The van der Waals surface area contributed by atoms with Crippen molar-refractivity contribution in [3.63, 3.8) is 0 Å². The number of amides is 1. The molecule has 1 aliphatic rings. The summed E-state index contributed by atoms with van der Waals surface area (Å²) in [5.74, 6) is -0.0217. The van der Waals surface area contributed by atoms with Crippen molar-refractivity contribution in [2.45, 2.75) is 13.3 Å². The second-order valence-electron chi connectivity index (χ2n) is 5.75. The highest BCUT2D eigenvalue weighted by atomic mass is 79.9. The minimum absolute atomic E-state index is 0. The number of carbonyl (C=O) groups excluding carboxylic acids is 1. The Labute approximate surface area is 137 Å². The van der Waals surface area contributed by atoms with Gasteiger partial charge in [0.05, 0.1) is 5.52 Å². The highest BCUT2D eigenvalue weighted by molar-refractivity contribution is 9.10. The SMILES string of the molecule is CC1(CN)CCN(C(=O)c2n[nH]c3ccc(Br)cc23)C1.Cl. The van der Waals surface area contributed by atoms with Crippen LogP contribution in [0.4, 0.5) is 0 Å². The van der Waals surface area contributed by atoms with E-state index < -0.39 is 0 Å². The Hall–Kier alpha value is -1.11. The number of H-pyrrole nitrogens is 1. The van der Waals surface area contributed by atoms with Gasteiger partial charge in [-0.2, -0.15) is 5.10 Å². The van der Waals surface area contributed by atoms with Crippen LogP contribution in [0.25, 0.3) is 10.9 Å². The molecule has 2 aromatic rings. The molecule has 1 saturated heterocycles. The summed E-state index contributed by atoms with van der Waals surface area (Å²) in [6.07, 6.45) is 0.946. The van der Waals surface area contributed by atoms with Crippen molar-refractivity contribution in [3.05, 3.63) is 28.4 Å². The molecular weight excluding hydrogens is 356 g/mol. The van der Waals surface area contributed by atoms with Gasteiger partial charge in [-0.25, -0.2) is 0 Å². The van der Waals surface area contributed by atoms with Crippen LogP contribution in [0, 0.1) is 5.41 Å². The monoisotopic (exact) mass is 372 g/mol. The highest BCUT2D eigenvalue weighted by Gasteiger charge is 2.36. The Bertz CT molecular complexity index is 674. The molecule has 1 amide bonds. The first kappa shape index (κ1) is 16.3. The first-order valence-corrected chi connectivity index (χ1v) is 7.45. The van der Waals surface area contributed by atoms with Crippen molar-refractivity contribution in [3.8, 4) is 0 Å². The normalized spacial score (nSPS) is 21.6.